The molecular formula is C10H16N4O2. The number of hydrogen-bond donors (Lipinski definition) is 1. The van der Waals surface area contributed by atoms with Crippen LogP contribution >= 0.6 is 0 Å². The van der Waals surface area contributed by atoms with E-state index in [1.165, 1.54) is 0 Å². The summed E-state index contributed by atoms with van der Waals surface area (Å²) in [6, 6.07) is 0. The van der Waals surface area contributed by atoms with Crippen molar-refractivity contribution in [2.24, 2.45) is 13.0 Å². The number of carbonyl (C=O) groups is 1. The summed E-state index contributed by atoms with van der Waals surface area (Å²) in [6.45, 7) is 2.67. The molecule has 0 radical (unpaired) electrons. The summed E-state index contributed by atoms with van der Waals surface area (Å²) in [6.07, 6.45) is 3.31. The molecule has 0 saturated carbocycles. The number of nitrogens with zero attached hydrogens (tertiary/aromatic N) is 3. The van der Waals surface area contributed by atoms with Gasteiger partial charge in [-0.05, 0) is 19.8 Å². The van der Waals surface area contributed by atoms with Crippen LogP contribution in [-0.2, 0) is 16.6 Å². The maximum Gasteiger partial charge on any atom is 0.248 e. The van der Waals surface area contributed by atoms with Crippen LogP contribution in [0.15, 0.2) is 6.33 Å². The van der Waals surface area contributed by atoms with Crippen LogP contribution in [0.25, 0.3) is 0 Å². The van der Waals surface area contributed by atoms with E-state index in [0.29, 0.717) is 5.95 Å². The highest BCUT2D eigenvalue weighted by Gasteiger charge is 2.29. The first-order valence-corrected chi connectivity index (χ1v) is 5.45. The minimum Gasteiger partial charge on any atom is -0.378 e. The van der Waals surface area contributed by atoms with E-state index >= 15 is 0 Å². The molecule has 2 unspecified atom stereocenters. The molecule has 0 aromatic carbocycles. The van der Waals surface area contributed by atoms with Gasteiger partial charge >= 0.3 is 0 Å². The summed E-state index contributed by atoms with van der Waals surface area (Å²) in [5.74, 6) is 0.196. The number of nitrogens with one attached hydrogen (secondary N) is 1. The van der Waals surface area contributed by atoms with Gasteiger partial charge in [0.2, 0.25) is 11.9 Å². The van der Waals surface area contributed by atoms with Crippen molar-refractivity contribution < 1.29 is 9.53 Å². The van der Waals surface area contributed by atoms with Gasteiger partial charge in [0, 0.05) is 13.7 Å². The molecule has 16 heavy (non-hydrogen) atoms. The maximum atomic E-state index is 11.9. The molecule has 1 N–H and O–H groups in total. The van der Waals surface area contributed by atoms with Crippen molar-refractivity contribution in [3.05, 3.63) is 6.33 Å². The zero-order valence-electron chi connectivity index (χ0n) is 9.51. The van der Waals surface area contributed by atoms with Crippen LogP contribution < -0.4 is 5.32 Å². The van der Waals surface area contributed by atoms with Crippen molar-refractivity contribution >= 4 is 11.9 Å². The van der Waals surface area contributed by atoms with Gasteiger partial charge in [0.1, 0.15) is 6.33 Å². The van der Waals surface area contributed by atoms with E-state index in [1.807, 2.05) is 6.92 Å². The lowest BCUT2D eigenvalue weighted by molar-refractivity contribution is -0.127. The van der Waals surface area contributed by atoms with E-state index in [-0.39, 0.29) is 17.9 Å². The zero-order valence-corrected chi connectivity index (χ0v) is 9.51. The summed E-state index contributed by atoms with van der Waals surface area (Å²) in [7, 11) is 1.76. The lowest BCUT2D eigenvalue weighted by Crippen LogP contribution is -2.36. The number of rotatable bonds is 2. The molecule has 1 aliphatic rings. The Balaban J connectivity index is 1.96. The fraction of sp³-hybridized carbons (Fsp3) is 0.700. The van der Waals surface area contributed by atoms with Gasteiger partial charge in [-0.25, -0.2) is 4.98 Å². The Bertz CT molecular complexity index is 377. The summed E-state index contributed by atoms with van der Waals surface area (Å²) in [5, 5.41) is 6.70. The van der Waals surface area contributed by atoms with Gasteiger partial charge in [0.05, 0.1) is 12.0 Å². The third-order valence-corrected chi connectivity index (χ3v) is 2.78. The van der Waals surface area contributed by atoms with E-state index in [0.717, 1.165) is 19.4 Å². The van der Waals surface area contributed by atoms with Crippen LogP contribution in [0.1, 0.15) is 19.8 Å². The molecule has 2 atom stereocenters. The number of aromatic nitrogens is 3. The van der Waals surface area contributed by atoms with Crippen molar-refractivity contribution in [3.8, 4) is 0 Å². The first-order chi connectivity index (χ1) is 7.66. The first kappa shape index (κ1) is 11.1. The van der Waals surface area contributed by atoms with Crippen molar-refractivity contribution in [2.45, 2.75) is 25.9 Å². The fourth-order valence-corrected chi connectivity index (χ4v) is 1.87. The molecule has 1 saturated heterocycles. The molecular weight excluding hydrogens is 208 g/mol. The standard InChI is InChI=1S/C10H16N4O2/c1-7-8(4-3-5-16-7)9(15)12-10-11-6-14(2)13-10/h6-8H,3-5H2,1-2H3,(H,12,13,15). The Kier molecular flexibility index (Phi) is 3.19. The number of amides is 1. The van der Waals surface area contributed by atoms with Crippen LogP contribution in [0.3, 0.4) is 0 Å². The Morgan fingerprint density at radius 1 is 1.69 bits per heavy atom. The molecule has 88 valence electrons. The van der Waals surface area contributed by atoms with E-state index in [4.69, 9.17) is 4.74 Å². The third-order valence-electron chi connectivity index (χ3n) is 2.78. The molecule has 6 nitrogen and oxygen atoms in total. The molecule has 1 aromatic heterocycles. The van der Waals surface area contributed by atoms with Gasteiger partial charge < -0.3 is 4.74 Å². The minimum atomic E-state index is -0.0995. The Morgan fingerprint density at radius 2 is 2.50 bits per heavy atom. The zero-order chi connectivity index (χ0) is 11.5. The maximum absolute atomic E-state index is 11.9. The average molecular weight is 224 g/mol. The van der Waals surface area contributed by atoms with Crippen LogP contribution in [0.2, 0.25) is 0 Å². The number of ether oxygens (including phenoxy) is 1. The van der Waals surface area contributed by atoms with E-state index < -0.39 is 0 Å². The second-order valence-electron chi connectivity index (χ2n) is 4.06. The number of hydrogen-bond acceptors (Lipinski definition) is 4. The highest BCUT2D eigenvalue weighted by Crippen LogP contribution is 2.21. The second-order valence-corrected chi connectivity index (χ2v) is 4.06. The largest absolute Gasteiger partial charge is 0.378 e. The van der Waals surface area contributed by atoms with Crippen molar-refractivity contribution in [3.63, 3.8) is 0 Å². The topological polar surface area (TPSA) is 69.0 Å². The predicted molar refractivity (Wildman–Crippen MR) is 57.8 cm³/mol. The Hall–Kier alpha value is -1.43. The minimum absolute atomic E-state index is 0.0301. The van der Waals surface area contributed by atoms with Crippen LogP contribution in [0.5, 0.6) is 0 Å². The van der Waals surface area contributed by atoms with Gasteiger partial charge in [0.25, 0.3) is 0 Å². The molecule has 1 fully saturated rings. The van der Waals surface area contributed by atoms with Gasteiger partial charge in [-0.3, -0.25) is 14.8 Å². The monoisotopic (exact) mass is 224 g/mol. The normalized spacial score (nSPS) is 25.4. The smallest absolute Gasteiger partial charge is 0.248 e. The van der Waals surface area contributed by atoms with E-state index in [9.17, 15) is 4.79 Å². The number of aryl methyl sites for hydroxylation is 1. The van der Waals surface area contributed by atoms with Gasteiger partial charge in [-0.2, -0.15) is 0 Å². The molecule has 1 aliphatic heterocycles. The first-order valence-electron chi connectivity index (χ1n) is 5.45. The lowest BCUT2D eigenvalue weighted by atomic mass is 9.94. The van der Waals surface area contributed by atoms with Crippen LogP contribution in [0, 0.1) is 5.92 Å². The number of carbonyl (C=O) groups excluding carboxylic acids is 1. The van der Waals surface area contributed by atoms with Gasteiger partial charge in [0.15, 0.2) is 0 Å². The van der Waals surface area contributed by atoms with Crippen molar-refractivity contribution in [2.75, 3.05) is 11.9 Å². The molecule has 0 bridgehead atoms. The van der Waals surface area contributed by atoms with Gasteiger partial charge in [-0.1, -0.05) is 0 Å². The third kappa shape index (κ3) is 2.38. The van der Waals surface area contributed by atoms with E-state index in [2.05, 4.69) is 15.4 Å². The molecule has 0 spiro atoms. The van der Waals surface area contributed by atoms with Gasteiger partial charge in [-0.15, -0.1) is 5.10 Å². The highest BCUT2D eigenvalue weighted by atomic mass is 16.5. The molecule has 2 rings (SSSR count). The molecule has 0 aliphatic carbocycles. The Labute approximate surface area is 94.0 Å². The van der Waals surface area contributed by atoms with Crippen LogP contribution in [-0.4, -0.2) is 33.4 Å². The van der Waals surface area contributed by atoms with Crippen LogP contribution in [0.4, 0.5) is 5.95 Å². The highest BCUT2D eigenvalue weighted by molar-refractivity contribution is 5.91. The molecule has 6 heteroatoms. The van der Waals surface area contributed by atoms with Crippen molar-refractivity contribution in [1.82, 2.24) is 14.8 Å². The summed E-state index contributed by atoms with van der Waals surface area (Å²) >= 11 is 0. The fourth-order valence-electron chi connectivity index (χ4n) is 1.87. The van der Waals surface area contributed by atoms with Crippen molar-refractivity contribution in [1.29, 1.82) is 0 Å². The quantitative estimate of drug-likeness (QED) is 0.797. The summed E-state index contributed by atoms with van der Waals surface area (Å²) < 4.78 is 7.00. The Morgan fingerprint density at radius 3 is 3.12 bits per heavy atom. The SMILES string of the molecule is CC1OCCCC1C(=O)Nc1ncn(C)n1. The molecule has 1 aromatic rings. The predicted octanol–water partition coefficient (Wildman–Crippen LogP) is 0.569. The molecule has 1 amide bonds. The summed E-state index contributed by atoms with van der Waals surface area (Å²) in [5.41, 5.74) is 0. The summed E-state index contributed by atoms with van der Waals surface area (Å²) in [4.78, 5) is 15.9. The van der Waals surface area contributed by atoms with E-state index in [1.54, 1.807) is 18.1 Å². The average Bonchev–Trinajstić information content (AvgIpc) is 2.64. The number of anilines is 1. The second kappa shape index (κ2) is 4.61. The lowest BCUT2D eigenvalue weighted by Gasteiger charge is -2.27. The molecule has 2 heterocycles.